The van der Waals surface area contributed by atoms with Gasteiger partial charge in [0, 0.05) is 11.1 Å². The summed E-state index contributed by atoms with van der Waals surface area (Å²) in [4.78, 5) is 0. The van der Waals surface area contributed by atoms with Gasteiger partial charge in [-0.2, -0.15) is 0 Å². The molecule has 0 spiro atoms. The van der Waals surface area contributed by atoms with E-state index in [1.54, 1.807) is 18.2 Å². The van der Waals surface area contributed by atoms with Gasteiger partial charge < -0.3 is 9.52 Å². The lowest BCUT2D eigenvalue weighted by atomic mass is 10.1. The van der Waals surface area contributed by atoms with Crippen molar-refractivity contribution in [1.82, 2.24) is 0 Å². The number of benzene rings is 1. The molecule has 0 bridgehead atoms. The Morgan fingerprint density at radius 2 is 1.93 bits per heavy atom. The SMILES string of the molecule is OCc1coc(-c2ccc(F)cc2)c1. The van der Waals surface area contributed by atoms with Gasteiger partial charge in [-0.3, -0.25) is 0 Å². The highest BCUT2D eigenvalue weighted by molar-refractivity contribution is 5.57. The molecule has 0 fully saturated rings. The van der Waals surface area contributed by atoms with Gasteiger partial charge in [0.25, 0.3) is 0 Å². The van der Waals surface area contributed by atoms with Crippen molar-refractivity contribution in [2.24, 2.45) is 0 Å². The number of rotatable bonds is 2. The monoisotopic (exact) mass is 192 g/mol. The third-order valence-electron chi connectivity index (χ3n) is 1.97. The summed E-state index contributed by atoms with van der Waals surface area (Å²) in [5.41, 5.74) is 1.51. The van der Waals surface area contributed by atoms with E-state index in [-0.39, 0.29) is 12.4 Å². The van der Waals surface area contributed by atoms with Gasteiger partial charge in [-0.25, -0.2) is 4.39 Å². The van der Waals surface area contributed by atoms with Crippen LogP contribution in [0.1, 0.15) is 5.56 Å². The van der Waals surface area contributed by atoms with Gasteiger partial charge in [0.15, 0.2) is 0 Å². The lowest BCUT2D eigenvalue weighted by Gasteiger charge is -1.94. The standard InChI is InChI=1S/C11H9FO2/c12-10-3-1-9(2-4-10)11-5-8(6-13)7-14-11/h1-5,7,13H,6H2. The molecule has 14 heavy (non-hydrogen) atoms. The van der Waals surface area contributed by atoms with E-state index < -0.39 is 0 Å². The zero-order valence-corrected chi connectivity index (χ0v) is 7.40. The van der Waals surface area contributed by atoms with Gasteiger partial charge in [-0.05, 0) is 30.3 Å². The van der Waals surface area contributed by atoms with Crippen LogP contribution in [0.15, 0.2) is 41.0 Å². The quantitative estimate of drug-likeness (QED) is 0.793. The summed E-state index contributed by atoms with van der Waals surface area (Å²) < 4.78 is 17.8. The number of furan rings is 1. The number of halogens is 1. The highest BCUT2D eigenvalue weighted by Gasteiger charge is 2.03. The van der Waals surface area contributed by atoms with E-state index >= 15 is 0 Å². The van der Waals surface area contributed by atoms with Crippen molar-refractivity contribution in [1.29, 1.82) is 0 Å². The van der Waals surface area contributed by atoms with E-state index in [0.29, 0.717) is 11.3 Å². The molecule has 2 nitrogen and oxygen atoms in total. The lowest BCUT2D eigenvalue weighted by molar-refractivity contribution is 0.280. The molecular formula is C11H9FO2. The lowest BCUT2D eigenvalue weighted by Crippen LogP contribution is -1.76. The van der Waals surface area contributed by atoms with E-state index in [1.165, 1.54) is 18.4 Å². The largest absolute Gasteiger partial charge is 0.464 e. The second-order valence-electron chi connectivity index (χ2n) is 2.98. The number of hydrogen-bond acceptors (Lipinski definition) is 2. The van der Waals surface area contributed by atoms with Crippen molar-refractivity contribution in [2.45, 2.75) is 6.61 Å². The first-order valence-corrected chi connectivity index (χ1v) is 4.24. The van der Waals surface area contributed by atoms with Gasteiger partial charge in [0.2, 0.25) is 0 Å². The van der Waals surface area contributed by atoms with Crippen LogP contribution in [0.2, 0.25) is 0 Å². The molecular weight excluding hydrogens is 183 g/mol. The minimum absolute atomic E-state index is 0.0509. The molecule has 1 heterocycles. The average Bonchev–Trinajstić information content (AvgIpc) is 2.67. The van der Waals surface area contributed by atoms with Crippen LogP contribution in [0, 0.1) is 5.82 Å². The first-order chi connectivity index (χ1) is 6.79. The Kier molecular flexibility index (Phi) is 2.33. The highest BCUT2D eigenvalue weighted by Crippen LogP contribution is 2.22. The summed E-state index contributed by atoms with van der Waals surface area (Å²) in [6.07, 6.45) is 1.48. The molecule has 0 aliphatic rings. The van der Waals surface area contributed by atoms with Gasteiger partial charge in [-0.1, -0.05) is 0 Å². The smallest absolute Gasteiger partial charge is 0.134 e. The predicted octanol–water partition coefficient (Wildman–Crippen LogP) is 2.58. The summed E-state index contributed by atoms with van der Waals surface area (Å²) in [5, 5.41) is 8.82. The molecule has 0 saturated carbocycles. The molecule has 2 rings (SSSR count). The fraction of sp³-hybridized carbons (Fsp3) is 0.0909. The maximum absolute atomic E-state index is 12.6. The molecule has 0 atom stereocenters. The van der Waals surface area contributed by atoms with Crippen molar-refractivity contribution in [3.63, 3.8) is 0 Å². The first-order valence-electron chi connectivity index (χ1n) is 4.24. The second-order valence-corrected chi connectivity index (χ2v) is 2.98. The van der Waals surface area contributed by atoms with E-state index in [0.717, 1.165) is 5.56 Å². The summed E-state index contributed by atoms with van der Waals surface area (Å²) in [7, 11) is 0. The van der Waals surface area contributed by atoms with Crippen molar-refractivity contribution in [3.05, 3.63) is 48.0 Å². The minimum Gasteiger partial charge on any atom is -0.464 e. The Hall–Kier alpha value is -1.61. The molecule has 72 valence electrons. The third-order valence-corrected chi connectivity index (χ3v) is 1.97. The van der Waals surface area contributed by atoms with Crippen molar-refractivity contribution in [2.75, 3.05) is 0 Å². The Morgan fingerprint density at radius 3 is 2.50 bits per heavy atom. The van der Waals surface area contributed by atoms with Crippen LogP contribution in [0.25, 0.3) is 11.3 Å². The van der Waals surface area contributed by atoms with E-state index in [9.17, 15) is 4.39 Å². The molecule has 3 heteroatoms. The van der Waals surface area contributed by atoms with Crippen LogP contribution >= 0.6 is 0 Å². The summed E-state index contributed by atoms with van der Waals surface area (Å²) in [6.45, 7) is -0.0509. The Morgan fingerprint density at radius 1 is 1.21 bits per heavy atom. The Balaban J connectivity index is 2.34. The zero-order valence-electron chi connectivity index (χ0n) is 7.40. The minimum atomic E-state index is -0.275. The van der Waals surface area contributed by atoms with Gasteiger partial charge in [0.05, 0.1) is 12.9 Å². The Labute approximate surface area is 80.6 Å². The summed E-state index contributed by atoms with van der Waals surface area (Å²) in [5.74, 6) is 0.358. The first kappa shape index (κ1) is 8.97. The van der Waals surface area contributed by atoms with Crippen molar-refractivity contribution >= 4 is 0 Å². The number of aliphatic hydroxyl groups excluding tert-OH is 1. The maximum atomic E-state index is 12.6. The zero-order chi connectivity index (χ0) is 9.97. The Bertz CT molecular complexity index is 417. The highest BCUT2D eigenvalue weighted by atomic mass is 19.1. The number of aliphatic hydroxyl groups is 1. The molecule has 2 aromatic rings. The number of hydrogen-bond donors (Lipinski definition) is 1. The molecule has 0 saturated heterocycles. The fourth-order valence-corrected chi connectivity index (χ4v) is 1.22. The molecule has 0 aliphatic heterocycles. The molecule has 1 aromatic heterocycles. The third kappa shape index (κ3) is 1.67. The van der Waals surface area contributed by atoms with Crippen LogP contribution < -0.4 is 0 Å². The molecule has 1 N–H and O–H groups in total. The molecule has 0 amide bonds. The van der Waals surface area contributed by atoms with Gasteiger partial charge in [0.1, 0.15) is 11.6 Å². The predicted molar refractivity (Wildman–Crippen MR) is 50.0 cm³/mol. The average molecular weight is 192 g/mol. The summed E-state index contributed by atoms with van der Waals surface area (Å²) >= 11 is 0. The van der Waals surface area contributed by atoms with Crippen LogP contribution in [-0.2, 0) is 6.61 Å². The van der Waals surface area contributed by atoms with Gasteiger partial charge in [-0.15, -0.1) is 0 Å². The topological polar surface area (TPSA) is 33.4 Å². The molecule has 0 radical (unpaired) electrons. The van der Waals surface area contributed by atoms with E-state index in [1.807, 2.05) is 0 Å². The van der Waals surface area contributed by atoms with Crippen LogP contribution in [0.4, 0.5) is 4.39 Å². The van der Waals surface area contributed by atoms with Gasteiger partial charge >= 0.3 is 0 Å². The summed E-state index contributed by atoms with van der Waals surface area (Å²) in [6, 6.07) is 7.74. The molecule has 1 aromatic carbocycles. The molecule has 0 aliphatic carbocycles. The normalized spacial score (nSPS) is 10.4. The van der Waals surface area contributed by atoms with E-state index in [2.05, 4.69) is 0 Å². The molecule has 0 unspecified atom stereocenters. The van der Waals surface area contributed by atoms with Crippen LogP contribution in [0.3, 0.4) is 0 Å². The van der Waals surface area contributed by atoms with Crippen molar-refractivity contribution in [3.8, 4) is 11.3 Å². The van der Waals surface area contributed by atoms with Crippen LogP contribution in [0.5, 0.6) is 0 Å². The van der Waals surface area contributed by atoms with Crippen LogP contribution in [-0.4, -0.2) is 5.11 Å². The second kappa shape index (κ2) is 3.64. The van der Waals surface area contributed by atoms with E-state index in [4.69, 9.17) is 9.52 Å². The van der Waals surface area contributed by atoms with Crippen molar-refractivity contribution < 1.29 is 13.9 Å². The fourth-order valence-electron chi connectivity index (χ4n) is 1.22. The maximum Gasteiger partial charge on any atom is 0.134 e.